The molecule has 0 heterocycles. The Morgan fingerprint density at radius 2 is 1.47 bits per heavy atom. The minimum absolute atomic E-state index is 0.0316. The van der Waals surface area contributed by atoms with Crippen LogP contribution in [0, 0.1) is 40.4 Å². The lowest BCUT2D eigenvalue weighted by atomic mass is 9.44. The fourth-order valence-electron chi connectivity index (χ4n) is 8.48. The van der Waals surface area contributed by atoms with Crippen LogP contribution in [0.15, 0.2) is 0 Å². The van der Waals surface area contributed by atoms with E-state index in [1.807, 2.05) is 0 Å². The van der Waals surface area contributed by atoms with Crippen LogP contribution in [0.2, 0.25) is 0 Å². The minimum Gasteiger partial charge on any atom is -0.477 e. The summed E-state index contributed by atoms with van der Waals surface area (Å²) in [4.78, 5) is 34.7. The van der Waals surface area contributed by atoms with E-state index >= 15 is 0 Å². The SMILES string of the molecule is CC(=O)C1CCC2C3CC[C@@H]4C[C@H](OC(=O)C(F)(F)C(F)(F)C(=O)O)CC[C@]4(C)C3CC[C@]12C. The lowest BCUT2D eigenvalue weighted by molar-refractivity contribution is -0.239. The molecule has 4 rings (SSSR count). The van der Waals surface area contributed by atoms with Gasteiger partial charge < -0.3 is 9.84 Å². The second-order valence-corrected chi connectivity index (χ2v) is 11.7. The number of ether oxygens (including phenoxy) is 1. The minimum atomic E-state index is -5.53. The third-order valence-electron chi connectivity index (χ3n) is 10.3. The maximum Gasteiger partial charge on any atom is 0.415 e. The van der Waals surface area contributed by atoms with E-state index in [1.165, 1.54) is 0 Å². The number of carbonyl (C=O) groups is 3. The van der Waals surface area contributed by atoms with E-state index < -0.39 is 29.9 Å². The largest absolute Gasteiger partial charge is 0.477 e. The Kier molecular flexibility index (Phi) is 6.12. The van der Waals surface area contributed by atoms with Crippen molar-refractivity contribution in [1.29, 1.82) is 0 Å². The van der Waals surface area contributed by atoms with Crippen molar-refractivity contribution in [2.75, 3.05) is 0 Å². The quantitative estimate of drug-likeness (QED) is 0.407. The molecule has 1 N–H and O–H groups in total. The average molecular weight is 491 g/mol. The lowest BCUT2D eigenvalue weighted by Crippen LogP contribution is -2.56. The van der Waals surface area contributed by atoms with Gasteiger partial charge >= 0.3 is 23.8 Å². The molecule has 0 saturated heterocycles. The summed E-state index contributed by atoms with van der Waals surface area (Å²) in [5, 5.41) is 8.40. The zero-order valence-electron chi connectivity index (χ0n) is 19.9. The van der Waals surface area contributed by atoms with Crippen molar-refractivity contribution in [3.05, 3.63) is 0 Å². The number of carboxylic acids is 1. The van der Waals surface area contributed by atoms with Gasteiger partial charge in [-0.2, -0.15) is 17.6 Å². The van der Waals surface area contributed by atoms with E-state index in [0.717, 1.165) is 38.5 Å². The van der Waals surface area contributed by atoms with Crippen molar-refractivity contribution >= 4 is 17.7 Å². The molecule has 0 amide bonds. The molecule has 0 aliphatic heterocycles. The summed E-state index contributed by atoms with van der Waals surface area (Å²) < 4.78 is 59.3. The highest BCUT2D eigenvalue weighted by Gasteiger charge is 2.69. The highest BCUT2D eigenvalue weighted by molar-refractivity contribution is 5.89. The topological polar surface area (TPSA) is 80.7 Å². The van der Waals surface area contributed by atoms with Gasteiger partial charge in [0.05, 0.1) is 0 Å². The van der Waals surface area contributed by atoms with Crippen molar-refractivity contribution in [3.8, 4) is 0 Å². The number of hydrogen-bond acceptors (Lipinski definition) is 4. The molecule has 0 aromatic carbocycles. The summed E-state index contributed by atoms with van der Waals surface area (Å²) >= 11 is 0. The summed E-state index contributed by atoms with van der Waals surface area (Å²) in [7, 11) is 0. The van der Waals surface area contributed by atoms with Crippen molar-refractivity contribution in [2.24, 2.45) is 40.4 Å². The number of carbonyl (C=O) groups excluding carboxylic acids is 2. The number of hydrogen-bond donors (Lipinski definition) is 1. The first kappa shape index (κ1) is 25.4. The normalized spacial score (nSPS) is 42.2. The first-order valence-corrected chi connectivity index (χ1v) is 12.4. The molecule has 34 heavy (non-hydrogen) atoms. The highest BCUT2D eigenvalue weighted by Crippen LogP contribution is 2.67. The van der Waals surface area contributed by atoms with Gasteiger partial charge in [0.15, 0.2) is 0 Å². The standard InChI is InChI=1S/C25H34F4O5/c1-13(30)17-6-7-18-16-5-4-14-12-15(34-21(33)25(28,29)24(26,27)20(31)32)8-10-22(14,2)19(16)9-11-23(17,18)3/h14-19H,4-12H2,1-3H3,(H,31,32)/t14-,15-,16?,17?,18?,19?,22+,23-/m1/s1. The second-order valence-electron chi connectivity index (χ2n) is 11.7. The zero-order chi connectivity index (χ0) is 25.3. The Bertz CT molecular complexity index is 875. The van der Waals surface area contributed by atoms with Crippen LogP contribution in [0.25, 0.3) is 0 Å². The Labute approximate surface area is 197 Å². The van der Waals surface area contributed by atoms with Crippen LogP contribution in [0.5, 0.6) is 0 Å². The zero-order valence-corrected chi connectivity index (χ0v) is 19.9. The molecule has 0 aromatic heterocycles. The lowest BCUT2D eigenvalue weighted by Gasteiger charge is -2.61. The van der Waals surface area contributed by atoms with E-state index in [4.69, 9.17) is 9.84 Å². The number of aliphatic carboxylic acids is 1. The van der Waals surface area contributed by atoms with Gasteiger partial charge in [0.2, 0.25) is 0 Å². The van der Waals surface area contributed by atoms with Crippen LogP contribution in [0.3, 0.4) is 0 Å². The number of esters is 1. The summed E-state index contributed by atoms with van der Waals surface area (Å²) in [5.41, 5.74) is -0.0289. The molecule has 0 bridgehead atoms. The Morgan fingerprint density at radius 1 is 0.853 bits per heavy atom. The molecular formula is C25H34F4O5. The Morgan fingerprint density at radius 3 is 2.09 bits per heavy atom. The molecule has 0 radical (unpaired) electrons. The molecule has 4 fully saturated rings. The van der Waals surface area contributed by atoms with Crippen LogP contribution >= 0.6 is 0 Å². The number of Topliss-reactive ketones (excluding diaryl/α,β-unsaturated/α-hetero) is 1. The first-order valence-electron chi connectivity index (χ1n) is 12.4. The molecule has 9 heteroatoms. The van der Waals surface area contributed by atoms with Crippen LogP contribution in [-0.4, -0.2) is 40.8 Å². The number of halogens is 4. The first-order chi connectivity index (χ1) is 15.7. The maximum absolute atomic E-state index is 13.9. The molecule has 5 nitrogen and oxygen atoms in total. The molecule has 4 unspecified atom stereocenters. The molecule has 0 spiro atoms. The van der Waals surface area contributed by atoms with E-state index in [9.17, 15) is 31.9 Å². The number of fused-ring (bicyclic) bond motifs is 5. The van der Waals surface area contributed by atoms with Crippen LogP contribution in [0.1, 0.15) is 78.6 Å². The van der Waals surface area contributed by atoms with Gasteiger partial charge in [-0.1, -0.05) is 13.8 Å². The van der Waals surface area contributed by atoms with Gasteiger partial charge in [0, 0.05) is 5.92 Å². The number of alkyl halides is 4. The number of rotatable bonds is 5. The summed E-state index contributed by atoms with van der Waals surface area (Å²) in [6, 6.07) is 0. The van der Waals surface area contributed by atoms with E-state index in [2.05, 4.69) is 13.8 Å². The highest BCUT2D eigenvalue weighted by atomic mass is 19.3. The predicted molar refractivity (Wildman–Crippen MR) is 113 cm³/mol. The fourth-order valence-corrected chi connectivity index (χ4v) is 8.48. The van der Waals surface area contributed by atoms with Crippen molar-refractivity contribution in [3.63, 3.8) is 0 Å². The smallest absolute Gasteiger partial charge is 0.415 e. The van der Waals surface area contributed by atoms with Gasteiger partial charge in [-0.05, 0) is 99.2 Å². The maximum atomic E-state index is 13.9. The molecule has 4 aliphatic rings. The molecule has 4 aliphatic carbocycles. The number of ketones is 1. The summed E-state index contributed by atoms with van der Waals surface area (Å²) in [6.45, 7) is 6.19. The summed E-state index contributed by atoms with van der Waals surface area (Å²) in [5.74, 6) is -14.6. The van der Waals surface area contributed by atoms with Crippen molar-refractivity contribution < 1.29 is 41.8 Å². The molecular weight excluding hydrogens is 456 g/mol. The predicted octanol–water partition coefficient (Wildman–Crippen LogP) is 5.50. The monoisotopic (exact) mass is 490 g/mol. The second kappa shape index (κ2) is 8.19. The molecule has 8 atom stereocenters. The van der Waals surface area contributed by atoms with Gasteiger partial charge in [0.25, 0.3) is 0 Å². The Balaban J connectivity index is 1.45. The van der Waals surface area contributed by atoms with Crippen LogP contribution in [-0.2, 0) is 19.1 Å². The van der Waals surface area contributed by atoms with Gasteiger partial charge in [-0.25, -0.2) is 9.59 Å². The van der Waals surface area contributed by atoms with Crippen molar-refractivity contribution in [2.45, 2.75) is 96.5 Å². The Hall–Kier alpha value is -1.67. The van der Waals surface area contributed by atoms with Gasteiger partial charge in [-0.15, -0.1) is 0 Å². The van der Waals surface area contributed by atoms with Gasteiger partial charge in [0.1, 0.15) is 11.9 Å². The van der Waals surface area contributed by atoms with E-state index in [-0.39, 0.29) is 34.9 Å². The van der Waals surface area contributed by atoms with Gasteiger partial charge in [-0.3, -0.25) is 4.79 Å². The third-order valence-corrected chi connectivity index (χ3v) is 10.3. The third kappa shape index (κ3) is 3.58. The van der Waals surface area contributed by atoms with E-state index in [1.54, 1.807) is 6.92 Å². The van der Waals surface area contributed by atoms with Crippen molar-refractivity contribution in [1.82, 2.24) is 0 Å². The molecule has 192 valence electrons. The van der Waals surface area contributed by atoms with Crippen LogP contribution < -0.4 is 0 Å². The summed E-state index contributed by atoms with van der Waals surface area (Å²) in [6.07, 6.45) is 6.09. The molecule has 0 aromatic rings. The molecule has 4 saturated carbocycles. The number of carboxylic acid groups (broad SMARTS) is 1. The fraction of sp³-hybridized carbons (Fsp3) is 0.880. The average Bonchev–Trinajstić information content (AvgIpc) is 3.11. The van der Waals surface area contributed by atoms with E-state index in [0.29, 0.717) is 30.6 Å². The van der Waals surface area contributed by atoms with Crippen LogP contribution in [0.4, 0.5) is 17.6 Å².